The lowest BCUT2D eigenvalue weighted by molar-refractivity contribution is 0.205. The van der Waals surface area contributed by atoms with Crippen LogP contribution in [0.4, 0.5) is 4.79 Å². The largest absolute Gasteiger partial charge is 0.396 e. The molecule has 0 spiro atoms. The van der Waals surface area contributed by atoms with Crippen molar-refractivity contribution in [3.8, 4) is 0 Å². The van der Waals surface area contributed by atoms with Crippen molar-refractivity contribution in [3.05, 3.63) is 21.9 Å². The molecule has 1 aromatic rings. The van der Waals surface area contributed by atoms with Crippen molar-refractivity contribution >= 4 is 17.4 Å². The van der Waals surface area contributed by atoms with E-state index in [2.05, 4.69) is 23.7 Å². The monoisotopic (exact) mass is 282 g/mol. The first-order chi connectivity index (χ1) is 9.20. The van der Waals surface area contributed by atoms with Crippen LogP contribution < -0.4 is 5.32 Å². The minimum atomic E-state index is 0.0410. The Labute approximate surface area is 118 Å². The number of nitrogens with one attached hydrogen (secondary N) is 1. The molecule has 2 rings (SSSR count). The van der Waals surface area contributed by atoms with E-state index in [1.54, 1.807) is 11.3 Å². The molecule has 2 amide bonds. The number of aryl methyl sites for hydroxylation is 1. The highest BCUT2D eigenvalue weighted by Gasteiger charge is 2.25. The molecule has 19 heavy (non-hydrogen) atoms. The number of amides is 2. The van der Waals surface area contributed by atoms with Crippen molar-refractivity contribution in [1.29, 1.82) is 0 Å². The average molecular weight is 282 g/mol. The molecule has 0 saturated carbocycles. The zero-order valence-corrected chi connectivity index (χ0v) is 12.2. The van der Waals surface area contributed by atoms with E-state index in [1.165, 1.54) is 10.4 Å². The second kappa shape index (κ2) is 6.91. The molecule has 1 saturated heterocycles. The van der Waals surface area contributed by atoms with Crippen molar-refractivity contribution in [2.24, 2.45) is 5.92 Å². The van der Waals surface area contributed by atoms with Crippen molar-refractivity contribution in [2.45, 2.75) is 32.7 Å². The van der Waals surface area contributed by atoms with Gasteiger partial charge in [0.25, 0.3) is 0 Å². The number of rotatable bonds is 5. The predicted octanol–water partition coefficient (Wildman–Crippen LogP) is 2.36. The van der Waals surface area contributed by atoms with Gasteiger partial charge in [0, 0.05) is 24.6 Å². The Kier molecular flexibility index (Phi) is 5.22. The highest BCUT2D eigenvalue weighted by atomic mass is 32.1. The lowest BCUT2D eigenvalue weighted by atomic mass is 10.0. The van der Waals surface area contributed by atoms with Crippen LogP contribution in [-0.2, 0) is 6.54 Å². The number of hydrogen-bond donors (Lipinski definition) is 2. The third kappa shape index (κ3) is 3.94. The van der Waals surface area contributed by atoms with E-state index in [1.807, 2.05) is 4.90 Å². The van der Waals surface area contributed by atoms with Gasteiger partial charge in [-0.1, -0.05) is 0 Å². The molecular formula is C14H22N2O2S. The summed E-state index contributed by atoms with van der Waals surface area (Å²) < 4.78 is 0. The molecule has 0 aliphatic carbocycles. The van der Waals surface area contributed by atoms with Crippen molar-refractivity contribution < 1.29 is 9.90 Å². The third-order valence-corrected chi connectivity index (χ3v) is 4.73. The molecule has 1 fully saturated rings. The molecule has 1 atom stereocenters. The number of hydrogen-bond acceptors (Lipinski definition) is 3. The lowest BCUT2D eigenvalue weighted by Gasteiger charge is -2.17. The molecule has 106 valence electrons. The van der Waals surface area contributed by atoms with Gasteiger partial charge in [0.15, 0.2) is 0 Å². The summed E-state index contributed by atoms with van der Waals surface area (Å²) in [6.07, 6.45) is 2.92. The number of aliphatic hydroxyl groups is 1. The fraction of sp³-hybridized carbons (Fsp3) is 0.643. The second-order valence-corrected chi connectivity index (χ2v) is 6.15. The normalized spacial score (nSPS) is 18.8. The molecule has 2 N–H and O–H groups in total. The Morgan fingerprint density at radius 1 is 1.63 bits per heavy atom. The number of nitrogens with zero attached hydrogens (tertiary/aromatic N) is 1. The zero-order valence-electron chi connectivity index (χ0n) is 11.4. The molecule has 0 aromatic carbocycles. The van der Waals surface area contributed by atoms with E-state index in [9.17, 15) is 4.79 Å². The Morgan fingerprint density at radius 3 is 3.16 bits per heavy atom. The molecule has 4 nitrogen and oxygen atoms in total. The SMILES string of the molecule is Cc1ccsc1CNC(=O)N1CCC(CCCO)C1. The van der Waals surface area contributed by atoms with Gasteiger partial charge in [0.05, 0.1) is 6.54 Å². The highest BCUT2D eigenvalue weighted by Crippen LogP contribution is 2.21. The van der Waals surface area contributed by atoms with Crippen molar-refractivity contribution in [1.82, 2.24) is 10.2 Å². The first kappa shape index (κ1) is 14.3. The quantitative estimate of drug-likeness (QED) is 0.871. The molecule has 1 aliphatic rings. The van der Waals surface area contributed by atoms with Gasteiger partial charge in [-0.05, 0) is 49.1 Å². The molecule has 1 aliphatic heterocycles. The number of urea groups is 1. The number of aliphatic hydroxyl groups excluding tert-OH is 1. The summed E-state index contributed by atoms with van der Waals surface area (Å²) in [6.45, 7) is 4.61. The lowest BCUT2D eigenvalue weighted by Crippen LogP contribution is -2.38. The van der Waals surface area contributed by atoms with Crippen LogP contribution in [0.3, 0.4) is 0 Å². The van der Waals surface area contributed by atoms with Crippen LogP contribution in [0.25, 0.3) is 0 Å². The Bertz CT molecular complexity index is 419. The Balaban J connectivity index is 1.74. The summed E-state index contributed by atoms with van der Waals surface area (Å²) in [5.41, 5.74) is 1.24. The maximum absolute atomic E-state index is 12.0. The van der Waals surface area contributed by atoms with E-state index in [4.69, 9.17) is 5.11 Å². The summed E-state index contributed by atoms with van der Waals surface area (Å²) in [4.78, 5) is 15.2. The van der Waals surface area contributed by atoms with Crippen LogP contribution in [0.1, 0.15) is 29.7 Å². The zero-order chi connectivity index (χ0) is 13.7. The minimum Gasteiger partial charge on any atom is -0.396 e. The summed E-state index contributed by atoms with van der Waals surface area (Å²) >= 11 is 1.68. The molecule has 0 bridgehead atoms. The molecule has 5 heteroatoms. The van der Waals surface area contributed by atoms with Crippen molar-refractivity contribution in [3.63, 3.8) is 0 Å². The number of likely N-dealkylation sites (tertiary alicyclic amines) is 1. The molecule has 0 radical (unpaired) electrons. The van der Waals surface area contributed by atoms with E-state index >= 15 is 0 Å². The maximum atomic E-state index is 12.0. The van der Waals surface area contributed by atoms with Gasteiger partial charge in [0.2, 0.25) is 0 Å². The van der Waals surface area contributed by atoms with E-state index in [0.717, 1.165) is 32.4 Å². The van der Waals surface area contributed by atoms with Gasteiger partial charge in [-0.2, -0.15) is 0 Å². The van der Waals surface area contributed by atoms with Crippen LogP contribution in [0.15, 0.2) is 11.4 Å². The first-order valence-corrected chi connectivity index (χ1v) is 7.75. The van der Waals surface area contributed by atoms with Crippen LogP contribution in [0.5, 0.6) is 0 Å². The fourth-order valence-electron chi connectivity index (χ4n) is 2.49. The van der Waals surface area contributed by atoms with Crippen LogP contribution in [0, 0.1) is 12.8 Å². The summed E-state index contributed by atoms with van der Waals surface area (Å²) in [7, 11) is 0. The van der Waals surface area contributed by atoms with Gasteiger partial charge >= 0.3 is 6.03 Å². The van der Waals surface area contributed by atoms with E-state index < -0.39 is 0 Å². The van der Waals surface area contributed by atoms with Gasteiger partial charge < -0.3 is 15.3 Å². The Morgan fingerprint density at radius 2 is 2.47 bits per heavy atom. The van der Waals surface area contributed by atoms with Gasteiger partial charge in [-0.25, -0.2) is 4.79 Å². The van der Waals surface area contributed by atoms with Gasteiger partial charge in [-0.3, -0.25) is 0 Å². The standard InChI is InChI=1S/C14H22N2O2S/c1-11-5-8-19-13(11)9-15-14(18)16-6-4-12(10-16)3-2-7-17/h5,8,12,17H,2-4,6-7,9-10H2,1H3,(H,15,18). The van der Waals surface area contributed by atoms with Crippen LogP contribution in [0.2, 0.25) is 0 Å². The maximum Gasteiger partial charge on any atom is 0.317 e. The molecule has 2 heterocycles. The van der Waals surface area contributed by atoms with Gasteiger partial charge in [0.1, 0.15) is 0 Å². The number of thiophene rings is 1. The van der Waals surface area contributed by atoms with E-state index in [-0.39, 0.29) is 12.6 Å². The smallest absolute Gasteiger partial charge is 0.317 e. The average Bonchev–Trinajstić information content (AvgIpc) is 3.03. The predicted molar refractivity (Wildman–Crippen MR) is 77.3 cm³/mol. The fourth-order valence-corrected chi connectivity index (χ4v) is 3.33. The number of carbonyl (C=O) groups excluding carboxylic acids is 1. The highest BCUT2D eigenvalue weighted by molar-refractivity contribution is 7.10. The van der Waals surface area contributed by atoms with Crippen LogP contribution in [-0.4, -0.2) is 35.7 Å². The molecule has 1 aromatic heterocycles. The molecular weight excluding hydrogens is 260 g/mol. The summed E-state index contributed by atoms with van der Waals surface area (Å²) in [5, 5.41) is 13.9. The van der Waals surface area contributed by atoms with Crippen molar-refractivity contribution in [2.75, 3.05) is 19.7 Å². The molecule has 1 unspecified atom stereocenters. The summed E-state index contributed by atoms with van der Waals surface area (Å²) in [5.74, 6) is 0.557. The topological polar surface area (TPSA) is 52.6 Å². The first-order valence-electron chi connectivity index (χ1n) is 6.87. The number of carbonyl (C=O) groups is 1. The van der Waals surface area contributed by atoms with Gasteiger partial charge in [-0.15, -0.1) is 11.3 Å². The third-order valence-electron chi connectivity index (χ3n) is 3.71. The van der Waals surface area contributed by atoms with Crippen LogP contribution >= 0.6 is 11.3 Å². The second-order valence-electron chi connectivity index (χ2n) is 5.15. The van der Waals surface area contributed by atoms with E-state index in [0.29, 0.717) is 12.5 Å². The minimum absolute atomic E-state index is 0.0410. The summed E-state index contributed by atoms with van der Waals surface area (Å²) in [6, 6.07) is 2.12. The Hall–Kier alpha value is -1.07.